The highest BCUT2D eigenvalue weighted by atomic mass is 14.7. The second-order valence-corrected chi connectivity index (χ2v) is 9.60. The van der Waals surface area contributed by atoms with Crippen LogP contribution >= 0.6 is 0 Å². The second-order valence-electron chi connectivity index (χ2n) is 9.60. The van der Waals surface area contributed by atoms with Gasteiger partial charge in [0.15, 0.2) is 11.4 Å². The largest absolute Gasteiger partial charge is 0.239 e. The van der Waals surface area contributed by atoms with Crippen molar-refractivity contribution in [1.29, 1.82) is 42.1 Å². The molecule has 0 atom stereocenters. The smallest absolute Gasteiger partial charge is 0.177 e. The summed E-state index contributed by atoms with van der Waals surface area (Å²) in [6, 6.07) is 27.0. The maximum atomic E-state index is 10.4. The first-order chi connectivity index (χ1) is 22.4. The van der Waals surface area contributed by atoms with Gasteiger partial charge in [-0.15, -0.1) is 0 Å². The van der Waals surface area contributed by atoms with E-state index < -0.39 is 0 Å². The van der Waals surface area contributed by atoms with Crippen LogP contribution in [0.2, 0.25) is 0 Å². The molecule has 46 heavy (non-hydrogen) atoms. The lowest BCUT2D eigenvalue weighted by Crippen LogP contribution is -1.96. The molecule has 0 N–H and O–H groups in total. The lowest BCUT2D eigenvalue weighted by atomic mass is 9.88. The molecule has 3 aromatic rings. The van der Waals surface area contributed by atoms with Gasteiger partial charge in [-0.1, -0.05) is 18.2 Å². The molecule has 0 amide bonds. The van der Waals surface area contributed by atoms with Crippen LogP contribution in [0.4, 0.5) is 11.4 Å². The van der Waals surface area contributed by atoms with Crippen molar-refractivity contribution >= 4 is 44.8 Å². The molecule has 0 fully saturated rings. The van der Waals surface area contributed by atoms with E-state index in [1.54, 1.807) is 0 Å². The molecule has 3 aromatic carbocycles. The molecule has 0 saturated heterocycles. The molecule has 0 unspecified atom stereocenters. The molecule has 0 bridgehead atoms. The molecule has 10 heteroatoms. The van der Waals surface area contributed by atoms with Crippen LogP contribution in [0.15, 0.2) is 59.7 Å². The lowest BCUT2D eigenvalue weighted by Gasteiger charge is -2.12. The molecule has 0 radical (unpaired) electrons. The topological polar surface area (TPSA) is 199 Å². The Morgan fingerprint density at radius 2 is 0.848 bits per heavy atom. The van der Waals surface area contributed by atoms with Gasteiger partial charge >= 0.3 is 0 Å². The van der Waals surface area contributed by atoms with Gasteiger partial charge < -0.3 is 0 Å². The fourth-order valence-electron chi connectivity index (χ4n) is 5.59. The Bertz CT molecular complexity index is 2300. The van der Waals surface area contributed by atoms with Gasteiger partial charge in [-0.2, -0.15) is 42.1 Å². The third-order valence-corrected chi connectivity index (χ3v) is 7.34. The summed E-state index contributed by atoms with van der Waals surface area (Å²) in [5, 5.41) is 79.9. The average Bonchev–Trinajstić information content (AvgIpc) is 3.59. The molecule has 0 aliphatic heterocycles. The summed E-state index contributed by atoms with van der Waals surface area (Å²) in [4.78, 5) is 6.82. The van der Waals surface area contributed by atoms with E-state index in [1.165, 1.54) is 48.5 Å². The summed E-state index contributed by atoms with van der Waals surface area (Å²) in [7, 11) is 0. The van der Waals surface area contributed by atoms with Crippen molar-refractivity contribution in [3.8, 4) is 48.6 Å². The van der Waals surface area contributed by atoms with Crippen LogP contribution in [-0.2, 0) is 0 Å². The van der Waals surface area contributed by atoms with Gasteiger partial charge in [0.25, 0.3) is 0 Å². The van der Waals surface area contributed by atoms with E-state index in [2.05, 4.69) is 21.8 Å². The molecule has 0 spiro atoms. The van der Waals surface area contributed by atoms with Crippen LogP contribution < -0.4 is 0 Å². The summed E-state index contributed by atoms with van der Waals surface area (Å²) in [5.74, 6) is 0. The lowest BCUT2D eigenvalue weighted by molar-refractivity contribution is 1.43. The predicted octanol–water partition coefficient (Wildman–Crippen LogP) is 7.03. The third kappa shape index (κ3) is 4.27. The highest BCUT2D eigenvalue weighted by Crippen LogP contribution is 2.54. The Hall–Kier alpha value is -8.48. The minimum atomic E-state index is -0.383. The van der Waals surface area contributed by atoms with Crippen LogP contribution in [0.25, 0.3) is 43.1 Å². The van der Waals surface area contributed by atoms with Gasteiger partial charge in [-0.25, -0.2) is 9.69 Å². The van der Waals surface area contributed by atoms with E-state index in [9.17, 15) is 42.1 Å². The minimum Gasteiger partial charge on any atom is -0.239 e. The fourth-order valence-corrected chi connectivity index (χ4v) is 5.59. The Morgan fingerprint density at radius 3 is 1.20 bits per heavy atom. The molecular weight excluding hydrogens is 572 g/mol. The van der Waals surface area contributed by atoms with Crippen LogP contribution in [0.1, 0.15) is 44.5 Å². The third-order valence-electron chi connectivity index (χ3n) is 7.34. The molecular formula is C36H8N10. The average molecular weight is 581 g/mol. The quantitative estimate of drug-likeness (QED) is 0.227. The van der Waals surface area contributed by atoms with E-state index in [-0.39, 0.29) is 100 Å². The summed E-state index contributed by atoms with van der Waals surface area (Å²) in [5.41, 5.74) is 1.32. The molecule has 0 saturated carbocycles. The Kier molecular flexibility index (Phi) is 7.21. The highest BCUT2D eigenvalue weighted by molar-refractivity contribution is 6.30. The number of allylic oxidation sites excluding steroid dienone is 8. The first-order valence-corrected chi connectivity index (χ1v) is 12.8. The zero-order valence-corrected chi connectivity index (χ0v) is 23.1. The second kappa shape index (κ2) is 11.4. The standard InChI is InChI=1S/C36H8N10/c1-45-25-6-22(7-26(8-25)46-2)34-32(18-44)28-9-27-29(10-30(28)36(34)24(15-41)16-42)35(23(13-39)14-40)33(31(27)17-43)21-4-19(11-37)3-20(5-21)12-38/h3-10H. The summed E-state index contributed by atoms with van der Waals surface area (Å²) in [6.07, 6.45) is 0. The first-order valence-electron chi connectivity index (χ1n) is 12.8. The van der Waals surface area contributed by atoms with Gasteiger partial charge in [0, 0.05) is 33.4 Å². The number of benzene rings is 3. The SMILES string of the molecule is [C-]#[N+]c1cc([N+]#[C-])cc(C2=C(C#N)c3cc4c(cc3C2=C(C#N)C#N)C(=C(C#N)C#N)C(c2cc(C#N)cc(C#N)c2)=C4C#N)c1. The van der Waals surface area contributed by atoms with Crippen molar-refractivity contribution < 1.29 is 0 Å². The zero-order chi connectivity index (χ0) is 33.1. The summed E-state index contributed by atoms with van der Waals surface area (Å²) < 4.78 is 0. The molecule has 0 heterocycles. The van der Waals surface area contributed by atoms with E-state index in [0.717, 1.165) is 0 Å². The number of rotatable bonds is 2. The van der Waals surface area contributed by atoms with Crippen LogP contribution in [0.5, 0.6) is 0 Å². The number of fused-ring (bicyclic) bond motifs is 2. The van der Waals surface area contributed by atoms with Crippen molar-refractivity contribution in [3.63, 3.8) is 0 Å². The highest BCUT2D eigenvalue weighted by Gasteiger charge is 2.37. The van der Waals surface area contributed by atoms with Gasteiger partial charge in [-0.3, -0.25) is 0 Å². The summed E-state index contributed by atoms with van der Waals surface area (Å²) in [6.45, 7) is 15.0. The van der Waals surface area contributed by atoms with Crippen molar-refractivity contribution in [1.82, 2.24) is 0 Å². The van der Waals surface area contributed by atoms with Gasteiger partial charge in [-0.05, 0) is 52.6 Å². The Balaban J connectivity index is 1.97. The molecule has 2 aliphatic rings. The van der Waals surface area contributed by atoms with Crippen molar-refractivity contribution in [3.05, 3.63) is 127 Å². The minimum absolute atomic E-state index is 0.00265. The molecule has 202 valence electrons. The number of hydrogen-bond acceptors (Lipinski definition) is 8. The maximum Gasteiger partial charge on any atom is 0.177 e. The maximum absolute atomic E-state index is 10.4. The first kappa shape index (κ1) is 29.0. The number of hydrogen-bond donors (Lipinski definition) is 0. The Morgan fingerprint density at radius 1 is 0.457 bits per heavy atom. The fraction of sp³-hybridized carbons (Fsp3) is 0. The molecule has 2 aliphatic carbocycles. The zero-order valence-electron chi connectivity index (χ0n) is 23.1. The van der Waals surface area contributed by atoms with Crippen LogP contribution in [0.3, 0.4) is 0 Å². The van der Waals surface area contributed by atoms with Crippen molar-refractivity contribution in [2.75, 3.05) is 0 Å². The van der Waals surface area contributed by atoms with Crippen LogP contribution in [-0.4, -0.2) is 0 Å². The number of nitrogens with zero attached hydrogens (tertiary/aromatic N) is 10. The van der Waals surface area contributed by atoms with Crippen molar-refractivity contribution in [2.45, 2.75) is 0 Å². The summed E-state index contributed by atoms with van der Waals surface area (Å²) >= 11 is 0. The molecule has 10 nitrogen and oxygen atoms in total. The van der Waals surface area contributed by atoms with Gasteiger partial charge in [0.2, 0.25) is 0 Å². The predicted molar refractivity (Wildman–Crippen MR) is 162 cm³/mol. The monoisotopic (exact) mass is 580 g/mol. The van der Waals surface area contributed by atoms with Gasteiger partial charge in [0.1, 0.15) is 47.6 Å². The number of nitriles is 8. The van der Waals surface area contributed by atoms with E-state index in [1.807, 2.05) is 36.4 Å². The van der Waals surface area contributed by atoms with E-state index in [4.69, 9.17) is 13.1 Å². The van der Waals surface area contributed by atoms with Crippen molar-refractivity contribution in [2.24, 2.45) is 0 Å². The molecule has 5 rings (SSSR count). The normalized spacial score (nSPS) is 11.9. The van der Waals surface area contributed by atoms with E-state index >= 15 is 0 Å². The Labute approximate surface area is 262 Å². The van der Waals surface area contributed by atoms with Gasteiger partial charge in [0.05, 0.1) is 47.6 Å². The molecule has 0 aromatic heterocycles. The van der Waals surface area contributed by atoms with Crippen LogP contribution in [0, 0.1) is 104 Å². The van der Waals surface area contributed by atoms with E-state index in [0.29, 0.717) is 0 Å².